The van der Waals surface area contributed by atoms with Gasteiger partial charge in [0.25, 0.3) is 5.91 Å². The van der Waals surface area contributed by atoms with Crippen LogP contribution in [-0.4, -0.2) is 53.3 Å². The Hall–Kier alpha value is -3.36. The summed E-state index contributed by atoms with van der Waals surface area (Å²) in [7, 11) is 1.51. The monoisotopic (exact) mass is 533 g/mol. The van der Waals surface area contributed by atoms with E-state index in [1.165, 1.54) is 30.5 Å². The number of ether oxygens (including phenoxy) is 1. The third-order valence-corrected chi connectivity index (χ3v) is 5.93. The van der Waals surface area contributed by atoms with Gasteiger partial charge < -0.3 is 15.2 Å². The molecule has 2 N–H and O–H groups in total. The van der Waals surface area contributed by atoms with Gasteiger partial charge in [-0.1, -0.05) is 53.5 Å². The Morgan fingerprint density at radius 3 is 2.19 bits per heavy atom. The number of rotatable bonds is 10. The molecule has 0 aliphatic rings. The number of nitrogens with one attached hydrogen (secondary N) is 1. The van der Waals surface area contributed by atoms with E-state index in [0.29, 0.717) is 17.7 Å². The second kappa shape index (κ2) is 12.6. The van der Waals surface area contributed by atoms with E-state index in [4.69, 9.17) is 27.9 Å². The molecule has 36 heavy (non-hydrogen) atoms. The molecule has 192 valence electrons. The van der Waals surface area contributed by atoms with E-state index in [-0.39, 0.29) is 22.0 Å². The number of hydrazone groups is 1. The van der Waals surface area contributed by atoms with Gasteiger partial charge in [-0.2, -0.15) is 5.10 Å². The van der Waals surface area contributed by atoms with Crippen molar-refractivity contribution >= 4 is 53.3 Å². The summed E-state index contributed by atoms with van der Waals surface area (Å²) in [6, 6.07) is 10.6. The molecular weight excluding hydrogens is 505 g/mol. The third-order valence-electron chi connectivity index (χ3n) is 5.30. The highest BCUT2D eigenvalue weighted by Crippen LogP contribution is 2.24. The van der Waals surface area contributed by atoms with Crippen LogP contribution < -0.4 is 5.32 Å². The fourth-order valence-corrected chi connectivity index (χ4v) is 3.76. The van der Waals surface area contributed by atoms with Crippen molar-refractivity contribution in [2.24, 2.45) is 5.10 Å². The lowest BCUT2D eigenvalue weighted by molar-refractivity contribution is -0.139. The smallest absolute Gasteiger partial charge is 0.326 e. The maximum Gasteiger partial charge on any atom is 0.326 e. The summed E-state index contributed by atoms with van der Waals surface area (Å²) in [5.74, 6) is -1.40. The lowest BCUT2D eigenvalue weighted by Gasteiger charge is -2.26. The zero-order valence-electron chi connectivity index (χ0n) is 20.7. The van der Waals surface area contributed by atoms with Gasteiger partial charge in [0.15, 0.2) is 0 Å². The predicted molar refractivity (Wildman–Crippen MR) is 141 cm³/mol. The number of carbonyl (C=O) groups excluding carboxylic acids is 2. The topological polar surface area (TPSA) is 108 Å². The molecule has 0 fully saturated rings. The Kier molecular flexibility index (Phi) is 10.1. The Bertz CT molecular complexity index is 1150. The van der Waals surface area contributed by atoms with Crippen LogP contribution in [0.25, 0.3) is 5.57 Å². The van der Waals surface area contributed by atoms with Gasteiger partial charge in [-0.3, -0.25) is 9.59 Å². The average molecular weight is 534 g/mol. The minimum Gasteiger partial charge on any atom is -0.495 e. The second-order valence-corrected chi connectivity index (χ2v) is 9.74. The summed E-state index contributed by atoms with van der Waals surface area (Å²) in [6.07, 6.45) is 2.16. The lowest BCUT2D eigenvalue weighted by atomic mass is 10.0. The van der Waals surface area contributed by atoms with Crippen molar-refractivity contribution in [3.05, 3.63) is 75.0 Å². The zero-order valence-corrected chi connectivity index (χ0v) is 22.2. The van der Waals surface area contributed by atoms with Gasteiger partial charge in [0, 0.05) is 6.42 Å². The quantitative estimate of drug-likeness (QED) is 0.192. The van der Waals surface area contributed by atoms with Crippen molar-refractivity contribution in [3.8, 4) is 0 Å². The van der Waals surface area contributed by atoms with Crippen molar-refractivity contribution in [3.63, 3.8) is 0 Å². The molecule has 0 saturated heterocycles. The highest BCUT2D eigenvalue weighted by molar-refractivity contribution is 6.39. The number of halogens is 2. The highest BCUT2D eigenvalue weighted by atomic mass is 35.5. The van der Waals surface area contributed by atoms with Gasteiger partial charge in [0.2, 0.25) is 6.41 Å². The number of carboxylic acids is 1. The first kappa shape index (κ1) is 28.9. The molecule has 0 aliphatic carbocycles. The molecule has 1 unspecified atom stereocenters. The van der Waals surface area contributed by atoms with Crippen LogP contribution in [0.4, 0.5) is 0 Å². The number of carbonyl (C=O) groups is 3. The van der Waals surface area contributed by atoms with E-state index in [1.54, 1.807) is 18.2 Å². The molecule has 2 rings (SSSR count). The van der Waals surface area contributed by atoms with E-state index < -0.39 is 23.5 Å². The first-order chi connectivity index (χ1) is 16.9. The third kappa shape index (κ3) is 7.57. The van der Waals surface area contributed by atoms with Crippen LogP contribution in [0.3, 0.4) is 0 Å². The summed E-state index contributed by atoms with van der Waals surface area (Å²) < 4.78 is 5.45. The molecule has 2 aromatic carbocycles. The summed E-state index contributed by atoms with van der Waals surface area (Å²) in [6.45, 7) is 7.42. The SMILES string of the molecule is COC(/C=N\N(C=O)C(C)(C)C)=C(/C)c1ccc(CC(NC(=O)c2c(Cl)cccc2Cl)C(=O)O)cc1. The Morgan fingerprint density at radius 2 is 1.72 bits per heavy atom. The number of allylic oxidation sites excluding steroid dienone is 2. The van der Waals surface area contributed by atoms with Gasteiger partial charge in [-0.25, -0.2) is 9.80 Å². The number of hydrogen-bond donors (Lipinski definition) is 2. The van der Waals surface area contributed by atoms with Crippen LogP contribution >= 0.6 is 23.2 Å². The van der Waals surface area contributed by atoms with Crippen LogP contribution in [0.15, 0.2) is 53.3 Å². The summed E-state index contributed by atoms with van der Waals surface area (Å²) in [5.41, 5.74) is 1.81. The largest absolute Gasteiger partial charge is 0.495 e. The minimum absolute atomic E-state index is 0.0246. The number of benzene rings is 2. The predicted octanol–water partition coefficient (Wildman–Crippen LogP) is 5.04. The maximum absolute atomic E-state index is 12.6. The number of amides is 2. The Labute approximate surface area is 220 Å². The van der Waals surface area contributed by atoms with E-state index in [0.717, 1.165) is 11.1 Å². The number of nitrogens with zero attached hydrogens (tertiary/aromatic N) is 2. The van der Waals surface area contributed by atoms with E-state index in [9.17, 15) is 19.5 Å². The normalized spacial score (nSPS) is 13.1. The van der Waals surface area contributed by atoms with Crippen LogP contribution in [-0.2, 0) is 20.7 Å². The van der Waals surface area contributed by atoms with E-state index >= 15 is 0 Å². The fraction of sp³-hybridized carbons (Fsp3) is 0.308. The molecule has 0 aliphatic heterocycles. The van der Waals surface area contributed by atoms with Crippen molar-refractivity contribution in [2.45, 2.75) is 45.7 Å². The number of methoxy groups -OCH3 is 1. The zero-order chi connectivity index (χ0) is 27.0. The molecule has 10 heteroatoms. The fourth-order valence-electron chi connectivity index (χ4n) is 3.19. The molecule has 8 nitrogen and oxygen atoms in total. The van der Waals surface area contributed by atoms with Crippen molar-refractivity contribution in [1.29, 1.82) is 0 Å². The second-order valence-electron chi connectivity index (χ2n) is 8.92. The molecule has 0 heterocycles. The summed E-state index contributed by atoms with van der Waals surface area (Å²) in [5, 5.41) is 17.9. The van der Waals surface area contributed by atoms with Gasteiger partial charge in [0.1, 0.15) is 11.8 Å². The first-order valence-corrected chi connectivity index (χ1v) is 11.7. The number of carboxylic acid groups (broad SMARTS) is 1. The van der Waals surface area contributed by atoms with Gasteiger partial charge >= 0.3 is 5.97 Å². The van der Waals surface area contributed by atoms with Crippen LogP contribution in [0.5, 0.6) is 0 Å². The summed E-state index contributed by atoms with van der Waals surface area (Å²) >= 11 is 12.1. The first-order valence-electron chi connectivity index (χ1n) is 11.0. The lowest BCUT2D eigenvalue weighted by Crippen LogP contribution is -2.42. The molecule has 0 saturated carbocycles. The maximum atomic E-state index is 12.6. The molecular formula is C26H29Cl2N3O5. The minimum atomic E-state index is -1.19. The van der Waals surface area contributed by atoms with Gasteiger partial charge in [-0.05, 0) is 56.5 Å². The van der Waals surface area contributed by atoms with Gasteiger partial charge in [-0.15, -0.1) is 0 Å². The van der Waals surface area contributed by atoms with E-state index in [2.05, 4.69) is 10.4 Å². The summed E-state index contributed by atoms with van der Waals surface area (Å²) in [4.78, 5) is 35.8. The average Bonchev–Trinajstić information content (AvgIpc) is 2.80. The Morgan fingerprint density at radius 1 is 1.14 bits per heavy atom. The van der Waals surface area contributed by atoms with Crippen molar-refractivity contribution in [2.75, 3.05) is 7.11 Å². The standard InChI is InChI=1S/C26H29Cl2N3O5/c1-16(22(36-5)14-29-31(15-32)26(2,3)4)18-11-9-17(10-12-18)13-21(25(34)35)30-24(33)23-19(27)7-6-8-20(23)28/h6-12,14-15,21H,13H2,1-5H3,(H,30,33)(H,34,35)/b22-16-,29-14-. The molecule has 0 aromatic heterocycles. The van der Waals surface area contributed by atoms with Crippen molar-refractivity contribution < 1.29 is 24.2 Å². The highest BCUT2D eigenvalue weighted by Gasteiger charge is 2.24. The van der Waals surface area contributed by atoms with Crippen LogP contribution in [0, 0.1) is 0 Å². The molecule has 2 aromatic rings. The van der Waals surface area contributed by atoms with Gasteiger partial charge in [0.05, 0.1) is 34.5 Å². The molecule has 0 radical (unpaired) electrons. The number of hydrogen-bond acceptors (Lipinski definition) is 5. The van der Waals surface area contributed by atoms with Crippen LogP contribution in [0.1, 0.15) is 49.2 Å². The van der Waals surface area contributed by atoms with E-state index in [1.807, 2.05) is 39.8 Å². The number of aliphatic carboxylic acids is 1. The molecule has 0 spiro atoms. The molecule has 1 atom stereocenters. The van der Waals surface area contributed by atoms with Crippen LogP contribution in [0.2, 0.25) is 10.0 Å². The Balaban J connectivity index is 2.21. The molecule has 0 bridgehead atoms. The van der Waals surface area contributed by atoms with Crippen molar-refractivity contribution in [1.82, 2.24) is 10.3 Å². The molecule has 2 amide bonds.